The van der Waals surface area contributed by atoms with Crippen LogP contribution in [0, 0.1) is 5.82 Å². The smallest absolute Gasteiger partial charge is 0.165 e. The lowest BCUT2D eigenvalue weighted by molar-refractivity contribution is 0.318. The third kappa shape index (κ3) is 3.17. The van der Waals surface area contributed by atoms with Crippen molar-refractivity contribution in [2.24, 2.45) is 0 Å². The highest BCUT2D eigenvalue weighted by molar-refractivity contribution is 5.78. The van der Waals surface area contributed by atoms with E-state index in [1.165, 1.54) is 6.07 Å². The monoisotopic (exact) mass is 392 g/mol. The highest BCUT2D eigenvalue weighted by atomic mass is 19.1. The lowest BCUT2D eigenvalue weighted by Crippen LogP contribution is -2.43. The maximum absolute atomic E-state index is 14.4. The van der Waals surface area contributed by atoms with E-state index in [9.17, 15) is 4.39 Å². The number of rotatable bonds is 4. The molecule has 1 saturated heterocycles. The first-order valence-corrected chi connectivity index (χ1v) is 10.2. The summed E-state index contributed by atoms with van der Waals surface area (Å²) in [6.07, 6.45) is 5.88. The van der Waals surface area contributed by atoms with E-state index in [-0.39, 0.29) is 11.6 Å². The van der Waals surface area contributed by atoms with Gasteiger partial charge in [-0.2, -0.15) is 5.10 Å². The molecule has 0 aliphatic carbocycles. The van der Waals surface area contributed by atoms with Crippen LogP contribution in [-0.4, -0.2) is 36.0 Å². The molecule has 2 aliphatic heterocycles. The molecule has 6 heteroatoms. The van der Waals surface area contributed by atoms with Crippen LogP contribution in [0.1, 0.15) is 24.9 Å². The van der Waals surface area contributed by atoms with Crippen molar-refractivity contribution in [3.05, 3.63) is 60.2 Å². The summed E-state index contributed by atoms with van der Waals surface area (Å²) >= 11 is 0. The Balaban J connectivity index is 1.62. The van der Waals surface area contributed by atoms with E-state index in [4.69, 9.17) is 4.74 Å². The maximum Gasteiger partial charge on any atom is 0.165 e. The Kier molecular flexibility index (Phi) is 4.51. The largest absolute Gasteiger partial charge is 0.453 e. The molecule has 0 saturated carbocycles. The zero-order chi connectivity index (χ0) is 20.0. The summed E-state index contributed by atoms with van der Waals surface area (Å²) in [6.45, 7) is 4.10. The molecule has 5 rings (SSSR count). The van der Waals surface area contributed by atoms with Gasteiger partial charge in [0.2, 0.25) is 0 Å². The van der Waals surface area contributed by atoms with Crippen molar-refractivity contribution in [1.82, 2.24) is 15.1 Å². The summed E-state index contributed by atoms with van der Waals surface area (Å²) in [7, 11) is 2.11. The summed E-state index contributed by atoms with van der Waals surface area (Å²) in [6, 6.07) is 11.7. The minimum absolute atomic E-state index is 0.249. The number of hydrogen-bond donors (Lipinski definition) is 1. The van der Waals surface area contributed by atoms with Crippen molar-refractivity contribution < 1.29 is 9.13 Å². The number of para-hydroxylation sites is 1. The van der Waals surface area contributed by atoms with Gasteiger partial charge in [-0.05, 0) is 44.0 Å². The summed E-state index contributed by atoms with van der Waals surface area (Å²) in [5.74, 6) is 0.626. The molecule has 1 fully saturated rings. The summed E-state index contributed by atoms with van der Waals surface area (Å²) < 4.78 is 22.6. The van der Waals surface area contributed by atoms with E-state index >= 15 is 0 Å². The molecule has 0 amide bonds. The quantitative estimate of drug-likeness (QED) is 0.715. The first kappa shape index (κ1) is 18.2. The summed E-state index contributed by atoms with van der Waals surface area (Å²) in [4.78, 5) is 2.28. The third-order valence-corrected chi connectivity index (χ3v) is 6.18. The average molecular weight is 392 g/mol. The molecule has 29 heavy (non-hydrogen) atoms. The van der Waals surface area contributed by atoms with Crippen molar-refractivity contribution in [2.45, 2.75) is 31.8 Å². The van der Waals surface area contributed by atoms with Crippen molar-refractivity contribution >= 4 is 5.69 Å². The van der Waals surface area contributed by atoms with E-state index < -0.39 is 0 Å². The highest BCUT2D eigenvalue weighted by Crippen LogP contribution is 2.44. The van der Waals surface area contributed by atoms with Gasteiger partial charge < -0.3 is 15.0 Å². The fraction of sp³-hybridized carbons (Fsp3) is 0.348. The Morgan fingerprint density at radius 3 is 2.76 bits per heavy atom. The molecule has 5 nitrogen and oxygen atoms in total. The molecular weight excluding hydrogens is 367 g/mol. The van der Waals surface area contributed by atoms with Gasteiger partial charge in [0.1, 0.15) is 5.75 Å². The number of nitrogens with zero attached hydrogens (tertiary/aromatic N) is 3. The topological polar surface area (TPSA) is 42.3 Å². The minimum atomic E-state index is -0.357. The molecule has 1 atom stereocenters. The predicted octanol–water partition coefficient (Wildman–Crippen LogP) is 4.40. The summed E-state index contributed by atoms with van der Waals surface area (Å²) in [5, 5.41) is 7.83. The number of ether oxygens (including phenoxy) is 1. The number of aromatic nitrogens is 2. The van der Waals surface area contributed by atoms with Crippen LogP contribution in [0.3, 0.4) is 0 Å². The van der Waals surface area contributed by atoms with Gasteiger partial charge in [-0.25, -0.2) is 4.39 Å². The maximum atomic E-state index is 14.4. The molecule has 3 aromatic rings. The van der Waals surface area contributed by atoms with E-state index in [2.05, 4.69) is 47.6 Å². The van der Waals surface area contributed by atoms with E-state index in [1.54, 1.807) is 18.2 Å². The lowest BCUT2D eigenvalue weighted by Gasteiger charge is -2.35. The van der Waals surface area contributed by atoms with Gasteiger partial charge in [0.15, 0.2) is 11.6 Å². The van der Waals surface area contributed by atoms with Crippen LogP contribution >= 0.6 is 0 Å². The molecule has 2 aromatic carbocycles. The molecule has 1 aromatic heterocycles. The molecule has 150 valence electrons. The molecule has 1 unspecified atom stereocenters. The Morgan fingerprint density at radius 2 is 2.00 bits per heavy atom. The SMILES string of the molecule is CC1CCc2c(ccc(-c3cnn(C4CNC4)c3)c2Oc2ccccc2F)N1C. The van der Waals surface area contributed by atoms with Gasteiger partial charge in [-0.15, -0.1) is 0 Å². The first-order chi connectivity index (χ1) is 14.1. The number of benzene rings is 2. The number of anilines is 1. The molecular formula is C23H25FN4O. The lowest BCUT2D eigenvalue weighted by atomic mass is 9.93. The van der Waals surface area contributed by atoms with Gasteiger partial charge in [0, 0.05) is 54.8 Å². The Labute approximate surface area is 170 Å². The minimum Gasteiger partial charge on any atom is -0.453 e. The van der Waals surface area contributed by atoms with Gasteiger partial charge in [0.25, 0.3) is 0 Å². The van der Waals surface area contributed by atoms with Crippen LogP contribution in [0.4, 0.5) is 10.1 Å². The Morgan fingerprint density at radius 1 is 1.17 bits per heavy atom. The number of nitrogens with one attached hydrogen (secondary N) is 1. The van der Waals surface area contributed by atoms with Gasteiger partial charge in [-0.3, -0.25) is 4.68 Å². The first-order valence-electron chi connectivity index (χ1n) is 10.2. The van der Waals surface area contributed by atoms with Crippen molar-refractivity contribution in [3.63, 3.8) is 0 Å². The molecule has 2 aliphatic rings. The van der Waals surface area contributed by atoms with Crippen molar-refractivity contribution in [3.8, 4) is 22.6 Å². The zero-order valence-corrected chi connectivity index (χ0v) is 16.7. The second-order valence-electron chi connectivity index (χ2n) is 7.99. The fourth-order valence-corrected chi connectivity index (χ4v) is 4.09. The van der Waals surface area contributed by atoms with Gasteiger partial charge in [-0.1, -0.05) is 12.1 Å². The number of halogens is 1. The van der Waals surface area contributed by atoms with Crippen LogP contribution in [0.25, 0.3) is 11.1 Å². The number of fused-ring (bicyclic) bond motifs is 1. The average Bonchev–Trinajstić information content (AvgIpc) is 3.14. The molecule has 0 radical (unpaired) electrons. The van der Waals surface area contributed by atoms with Gasteiger partial charge >= 0.3 is 0 Å². The van der Waals surface area contributed by atoms with Crippen molar-refractivity contribution in [1.29, 1.82) is 0 Å². The Bertz CT molecular complexity index is 1040. The molecule has 0 spiro atoms. The van der Waals surface area contributed by atoms with Crippen LogP contribution in [0.2, 0.25) is 0 Å². The second-order valence-corrected chi connectivity index (χ2v) is 7.99. The normalized spacial score (nSPS) is 19.0. The van der Waals surface area contributed by atoms with E-state index in [0.29, 0.717) is 12.1 Å². The van der Waals surface area contributed by atoms with Crippen LogP contribution in [-0.2, 0) is 6.42 Å². The molecule has 1 N–H and O–H groups in total. The fourth-order valence-electron chi connectivity index (χ4n) is 4.09. The van der Waals surface area contributed by atoms with Crippen LogP contribution < -0.4 is 15.0 Å². The van der Waals surface area contributed by atoms with Crippen LogP contribution in [0.5, 0.6) is 11.5 Å². The number of hydrogen-bond acceptors (Lipinski definition) is 4. The predicted molar refractivity (Wildman–Crippen MR) is 112 cm³/mol. The second kappa shape index (κ2) is 7.19. The molecule has 0 bridgehead atoms. The molecule has 3 heterocycles. The Hall–Kier alpha value is -2.86. The third-order valence-electron chi connectivity index (χ3n) is 6.18. The standard InChI is InChI=1S/C23H25FN4O/c1-15-7-8-19-21(27(15)2)10-9-18(16-11-26-28(14-16)17-12-25-13-17)23(19)29-22-6-4-3-5-20(22)24/h3-6,9-11,14-15,17,25H,7-8,12-13H2,1-2H3. The van der Waals surface area contributed by atoms with Gasteiger partial charge in [0.05, 0.1) is 12.2 Å². The van der Waals surface area contributed by atoms with E-state index in [0.717, 1.165) is 54.1 Å². The zero-order valence-electron chi connectivity index (χ0n) is 16.7. The van der Waals surface area contributed by atoms with Crippen LogP contribution in [0.15, 0.2) is 48.8 Å². The highest BCUT2D eigenvalue weighted by Gasteiger charge is 2.27. The van der Waals surface area contributed by atoms with Crippen molar-refractivity contribution in [2.75, 3.05) is 25.0 Å². The van der Waals surface area contributed by atoms with E-state index in [1.807, 2.05) is 10.9 Å². The summed E-state index contributed by atoms with van der Waals surface area (Å²) in [5.41, 5.74) is 4.22.